The van der Waals surface area contributed by atoms with Crippen molar-refractivity contribution in [3.63, 3.8) is 0 Å². The van der Waals surface area contributed by atoms with Gasteiger partial charge in [0, 0.05) is 47.4 Å². The fraction of sp³-hybridized carbons (Fsp3) is 0.433. The summed E-state index contributed by atoms with van der Waals surface area (Å²) in [6.07, 6.45) is 3.06. The summed E-state index contributed by atoms with van der Waals surface area (Å²) in [6, 6.07) is 12.2. The number of piperidine rings is 1. The Bertz CT molecular complexity index is 1350. The van der Waals surface area contributed by atoms with E-state index in [1.165, 1.54) is 0 Å². The highest BCUT2D eigenvalue weighted by molar-refractivity contribution is 6.10. The maximum atomic E-state index is 13.2. The van der Waals surface area contributed by atoms with Crippen molar-refractivity contribution in [3.8, 4) is 0 Å². The van der Waals surface area contributed by atoms with Gasteiger partial charge in [-0.05, 0) is 76.1 Å². The second kappa shape index (κ2) is 10.5. The maximum absolute atomic E-state index is 13.2. The molecule has 3 aromatic rings. The number of anilines is 1. The first-order valence-corrected chi connectivity index (χ1v) is 13.0. The van der Waals surface area contributed by atoms with Gasteiger partial charge in [0.1, 0.15) is 5.60 Å². The minimum absolute atomic E-state index is 0.0870. The van der Waals surface area contributed by atoms with E-state index in [-0.39, 0.29) is 23.7 Å². The minimum Gasteiger partial charge on any atom is -0.444 e. The molecule has 0 spiro atoms. The molecule has 1 fully saturated rings. The van der Waals surface area contributed by atoms with Gasteiger partial charge >= 0.3 is 6.09 Å². The summed E-state index contributed by atoms with van der Waals surface area (Å²) in [4.78, 5) is 48.9. The number of hydrogen-bond donors (Lipinski definition) is 1. The van der Waals surface area contributed by atoms with Crippen LogP contribution in [-0.4, -0.2) is 51.3 Å². The van der Waals surface area contributed by atoms with E-state index in [2.05, 4.69) is 10.3 Å². The first kappa shape index (κ1) is 27.2. The molecule has 0 radical (unpaired) electrons. The number of ketones is 1. The Morgan fingerprint density at radius 1 is 0.895 bits per heavy atom. The van der Waals surface area contributed by atoms with Gasteiger partial charge in [-0.2, -0.15) is 0 Å². The van der Waals surface area contributed by atoms with E-state index in [4.69, 9.17) is 9.72 Å². The molecule has 0 bridgehead atoms. The number of carbonyl (C=O) groups excluding carboxylic acids is 3. The van der Waals surface area contributed by atoms with E-state index >= 15 is 0 Å². The molecule has 1 aliphatic rings. The van der Waals surface area contributed by atoms with E-state index in [9.17, 15) is 14.4 Å². The lowest BCUT2D eigenvalue weighted by Crippen LogP contribution is -2.41. The number of nitrogens with one attached hydrogen (secondary N) is 1. The Morgan fingerprint density at radius 3 is 2.13 bits per heavy atom. The molecule has 200 valence electrons. The predicted molar refractivity (Wildman–Crippen MR) is 147 cm³/mol. The van der Waals surface area contributed by atoms with Gasteiger partial charge in [0.05, 0.1) is 16.7 Å². The number of rotatable bonds is 4. The smallest absolute Gasteiger partial charge is 0.410 e. The molecule has 2 amide bonds. The van der Waals surface area contributed by atoms with E-state index < -0.39 is 11.0 Å². The van der Waals surface area contributed by atoms with E-state index in [1.54, 1.807) is 47.5 Å². The van der Waals surface area contributed by atoms with Crippen LogP contribution in [0.15, 0.2) is 48.7 Å². The molecule has 1 N–H and O–H groups in total. The lowest BCUT2D eigenvalue weighted by atomic mass is 9.94. The van der Waals surface area contributed by atoms with E-state index in [0.717, 1.165) is 24.1 Å². The Labute approximate surface area is 223 Å². The van der Waals surface area contributed by atoms with E-state index in [1.807, 2.05) is 47.6 Å². The molecule has 38 heavy (non-hydrogen) atoms. The van der Waals surface area contributed by atoms with Crippen molar-refractivity contribution in [2.45, 2.75) is 65.9 Å². The summed E-state index contributed by atoms with van der Waals surface area (Å²) in [7, 11) is 0. The van der Waals surface area contributed by atoms with Crippen LogP contribution < -0.4 is 5.32 Å². The highest BCUT2D eigenvalue weighted by atomic mass is 16.6. The highest BCUT2D eigenvalue weighted by Gasteiger charge is 2.28. The largest absolute Gasteiger partial charge is 0.444 e. The number of hydrogen-bond acceptors (Lipinski definition) is 6. The van der Waals surface area contributed by atoms with Crippen molar-refractivity contribution in [2.24, 2.45) is 5.41 Å². The number of fused-ring (bicyclic) bond motifs is 1. The van der Waals surface area contributed by atoms with Crippen LogP contribution in [0, 0.1) is 5.41 Å². The van der Waals surface area contributed by atoms with Gasteiger partial charge < -0.3 is 15.0 Å². The molecule has 1 aromatic heterocycles. The third kappa shape index (κ3) is 6.54. The molecule has 2 heterocycles. The first-order valence-electron chi connectivity index (χ1n) is 13.0. The summed E-state index contributed by atoms with van der Waals surface area (Å²) >= 11 is 0. The van der Waals surface area contributed by atoms with Crippen molar-refractivity contribution < 1.29 is 19.1 Å². The van der Waals surface area contributed by atoms with Crippen LogP contribution in [0.25, 0.3) is 11.0 Å². The predicted octanol–water partition coefficient (Wildman–Crippen LogP) is 5.96. The van der Waals surface area contributed by atoms with Gasteiger partial charge in [-0.15, -0.1) is 0 Å². The van der Waals surface area contributed by atoms with Crippen LogP contribution in [0.1, 0.15) is 81.9 Å². The van der Waals surface area contributed by atoms with Crippen molar-refractivity contribution >= 4 is 34.5 Å². The third-order valence-electron chi connectivity index (χ3n) is 6.47. The zero-order valence-electron chi connectivity index (χ0n) is 23.0. The van der Waals surface area contributed by atoms with Crippen LogP contribution in [0.4, 0.5) is 10.5 Å². The van der Waals surface area contributed by atoms with Gasteiger partial charge in [0.25, 0.3) is 0 Å². The van der Waals surface area contributed by atoms with Crippen molar-refractivity contribution in [1.29, 1.82) is 0 Å². The molecular weight excluding hydrogens is 480 g/mol. The normalized spacial score (nSPS) is 14.8. The number of benzene rings is 2. The quantitative estimate of drug-likeness (QED) is 0.429. The summed E-state index contributed by atoms with van der Waals surface area (Å²) in [6.45, 7) is 12.3. The first-order chi connectivity index (χ1) is 17.8. The molecule has 1 saturated heterocycles. The minimum atomic E-state index is -0.517. The average Bonchev–Trinajstić information content (AvgIpc) is 2.86. The average molecular weight is 517 g/mol. The van der Waals surface area contributed by atoms with Crippen LogP contribution in [0.3, 0.4) is 0 Å². The molecule has 4 rings (SSSR count). The van der Waals surface area contributed by atoms with Crippen molar-refractivity contribution in [3.05, 3.63) is 65.5 Å². The Balaban J connectivity index is 1.45. The number of carbonyl (C=O) groups is 3. The van der Waals surface area contributed by atoms with Gasteiger partial charge in [-0.3, -0.25) is 14.6 Å². The monoisotopic (exact) mass is 516 g/mol. The van der Waals surface area contributed by atoms with Crippen LogP contribution in [0.2, 0.25) is 0 Å². The number of amides is 2. The third-order valence-corrected chi connectivity index (χ3v) is 6.47. The molecule has 0 saturated carbocycles. The lowest BCUT2D eigenvalue weighted by molar-refractivity contribution is -0.123. The van der Waals surface area contributed by atoms with Crippen molar-refractivity contribution in [1.82, 2.24) is 14.9 Å². The number of ether oxygens (including phenoxy) is 1. The topological polar surface area (TPSA) is 101 Å². The summed E-state index contributed by atoms with van der Waals surface area (Å²) in [5, 5.41) is 2.87. The SMILES string of the molecule is CC(C)(C)OC(=O)N1CCC(c2cnc3ccc(C(=O)c4ccc(NC(=O)C(C)(C)C)cc4)cc3n2)CC1. The summed E-state index contributed by atoms with van der Waals surface area (Å²) in [5.74, 6) is -0.0322. The fourth-order valence-electron chi connectivity index (χ4n) is 4.24. The Morgan fingerprint density at radius 2 is 1.53 bits per heavy atom. The molecule has 2 aromatic carbocycles. The second-order valence-corrected chi connectivity index (χ2v) is 11.9. The molecule has 0 atom stereocenters. The van der Waals surface area contributed by atoms with Gasteiger partial charge in [0.2, 0.25) is 5.91 Å². The van der Waals surface area contributed by atoms with Crippen LogP contribution in [0.5, 0.6) is 0 Å². The standard InChI is InChI=1S/C30H36N4O4/c1-29(2,3)27(36)32-22-10-7-20(8-11-22)26(35)21-9-12-23-24(17-21)33-25(18-31-23)19-13-15-34(16-14-19)28(37)38-30(4,5)6/h7-12,17-19H,13-16H2,1-6H3,(H,32,36). The van der Waals surface area contributed by atoms with Crippen LogP contribution >= 0.6 is 0 Å². The lowest BCUT2D eigenvalue weighted by Gasteiger charge is -2.33. The molecule has 1 aliphatic heterocycles. The number of nitrogens with zero attached hydrogens (tertiary/aromatic N) is 3. The van der Waals surface area contributed by atoms with Gasteiger partial charge in [-0.25, -0.2) is 9.78 Å². The van der Waals surface area contributed by atoms with Gasteiger partial charge in [-0.1, -0.05) is 20.8 Å². The molecule has 0 aliphatic carbocycles. The fourth-order valence-corrected chi connectivity index (χ4v) is 4.24. The Kier molecular flexibility index (Phi) is 7.54. The highest BCUT2D eigenvalue weighted by Crippen LogP contribution is 2.29. The van der Waals surface area contributed by atoms with Crippen LogP contribution in [-0.2, 0) is 9.53 Å². The van der Waals surface area contributed by atoms with E-state index in [0.29, 0.717) is 35.4 Å². The zero-order valence-corrected chi connectivity index (χ0v) is 23.0. The number of likely N-dealkylation sites (tertiary alicyclic amines) is 1. The second-order valence-electron chi connectivity index (χ2n) is 11.9. The molecule has 8 heteroatoms. The van der Waals surface area contributed by atoms with Gasteiger partial charge in [0.15, 0.2) is 5.78 Å². The number of aromatic nitrogens is 2. The summed E-state index contributed by atoms with van der Waals surface area (Å²) in [5.41, 5.74) is 2.92. The Hall–Kier alpha value is -3.81. The molecular formula is C30H36N4O4. The molecule has 8 nitrogen and oxygen atoms in total. The maximum Gasteiger partial charge on any atom is 0.410 e. The summed E-state index contributed by atoms with van der Waals surface area (Å²) < 4.78 is 5.49. The van der Waals surface area contributed by atoms with Crippen molar-refractivity contribution in [2.75, 3.05) is 18.4 Å². The molecule has 0 unspecified atom stereocenters. The zero-order chi connectivity index (χ0) is 27.7.